The van der Waals surface area contributed by atoms with Gasteiger partial charge in [-0.2, -0.15) is 0 Å². The first-order valence-corrected chi connectivity index (χ1v) is 7.52. The standard InChI is InChI=1S/C15H17FN2O3S/c1-8(13-10(16)5-4-6-11(13)21-3)18-14(20)12-7-17-15(22-12)9(2)19/h4-9,19H,1-3H3,(H,18,20). The molecule has 0 saturated carbocycles. The maximum atomic E-state index is 14.0. The molecule has 1 heterocycles. The molecule has 22 heavy (non-hydrogen) atoms. The first kappa shape index (κ1) is 16.4. The molecule has 0 spiro atoms. The van der Waals surface area contributed by atoms with Crippen LogP contribution >= 0.6 is 11.3 Å². The minimum Gasteiger partial charge on any atom is -0.496 e. The van der Waals surface area contributed by atoms with Crippen molar-refractivity contribution in [3.8, 4) is 5.75 Å². The molecular weight excluding hydrogens is 307 g/mol. The summed E-state index contributed by atoms with van der Waals surface area (Å²) in [6.07, 6.45) is 0.670. The molecular formula is C15H17FN2O3S. The number of aliphatic hydroxyl groups excluding tert-OH is 1. The number of nitrogens with one attached hydrogen (secondary N) is 1. The molecule has 1 aromatic carbocycles. The van der Waals surface area contributed by atoms with Gasteiger partial charge < -0.3 is 15.2 Å². The molecule has 118 valence electrons. The van der Waals surface area contributed by atoms with E-state index < -0.39 is 18.0 Å². The van der Waals surface area contributed by atoms with Crippen molar-refractivity contribution in [3.63, 3.8) is 0 Å². The largest absolute Gasteiger partial charge is 0.496 e. The van der Waals surface area contributed by atoms with Gasteiger partial charge in [-0.05, 0) is 26.0 Å². The van der Waals surface area contributed by atoms with Gasteiger partial charge in [0, 0.05) is 0 Å². The fourth-order valence-electron chi connectivity index (χ4n) is 2.04. The van der Waals surface area contributed by atoms with E-state index in [-0.39, 0.29) is 5.91 Å². The molecule has 0 saturated heterocycles. The number of carbonyl (C=O) groups is 1. The van der Waals surface area contributed by atoms with Gasteiger partial charge in [-0.3, -0.25) is 4.79 Å². The van der Waals surface area contributed by atoms with E-state index in [1.54, 1.807) is 26.0 Å². The van der Waals surface area contributed by atoms with Crippen molar-refractivity contribution >= 4 is 17.2 Å². The van der Waals surface area contributed by atoms with Crippen molar-refractivity contribution < 1.29 is 19.0 Å². The van der Waals surface area contributed by atoms with Gasteiger partial charge in [0.1, 0.15) is 27.6 Å². The zero-order valence-electron chi connectivity index (χ0n) is 12.5. The number of rotatable bonds is 5. The van der Waals surface area contributed by atoms with E-state index in [1.165, 1.54) is 19.4 Å². The Morgan fingerprint density at radius 3 is 2.77 bits per heavy atom. The predicted octanol–water partition coefficient (Wildman–Crippen LogP) is 2.84. The van der Waals surface area contributed by atoms with Crippen LogP contribution in [0, 0.1) is 5.82 Å². The highest BCUT2D eigenvalue weighted by molar-refractivity contribution is 7.13. The van der Waals surface area contributed by atoms with Crippen LogP contribution < -0.4 is 10.1 Å². The van der Waals surface area contributed by atoms with Gasteiger partial charge in [-0.1, -0.05) is 6.07 Å². The van der Waals surface area contributed by atoms with Crippen molar-refractivity contribution in [2.45, 2.75) is 26.0 Å². The maximum Gasteiger partial charge on any atom is 0.263 e. The summed E-state index contributed by atoms with van der Waals surface area (Å²) < 4.78 is 19.1. The molecule has 1 amide bonds. The predicted molar refractivity (Wildman–Crippen MR) is 81.6 cm³/mol. The van der Waals surface area contributed by atoms with E-state index in [4.69, 9.17) is 4.74 Å². The van der Waals surface area contributed by atoms with Crippen LogP contribution in [-0.2, 0) is 0 Å². The Hall–Kier alpha value is -1.99. The Kier molecular flexibility index (Phi) is 5.10. The lowest BCUT2D eigenvalue weighted by molar-refractivity contribution is 0.0943. The van der Waals surface area contributed by atoms with Crippen LogP contribution in [0.15, 0.2) is 24.4 Å². The molecule has 0 radical (unpaired) electrons. The first-order valence-electron chi connectivity index (χ1n) is 6.71. The molecule has 0 bridgehead atoms. The first-order chi connectivity index (χ1) is 10.4. The van der Waals surface area contributed by atoms with Gasteiger partial charge in [0.15, 0.2) is 0 Å². The number of benzene rings is 1. The summed E-state index contributed by atoms with van der Waals surface area (Å²) in [5.74, 6) is -0.440. The lowest BCUT2D eigenvalue weighted by atomic mass is 10.1. The number of hydrogen-bond acceptors (Lipinski definition) is 5. The molecule has 0 aliphatic carbocycles. The highest BCUT2D eigenvalue weighted by Crippen LogP contribution is 2.28. The van der Waals surface area contributed by atoms with Gasteiger partial charge in [-0.15, -0.1) is 11.3 Å². The topological polar surface area (TPSA) is 71.5 Å². The number of amides is 1. The number of aromatic nitrogens is 1. The van der Waals surface area contributed by atoms with Crippen molar-refractivity contribution in [1.29, 1.82) is 0 Å². The Bertz CT molecular complexity index is 673. The Labute approximate surface area is 131 Å². The molecule has 1 aromatic heterocycles. The lowest BCUT2D eigenvalue weighted by Crippen LogP contribution is -2.27. The highest BCUT2D eigenvalue weighted by atomic mass is 32.1. The SMILES string of the molecule is COc1cccc(F)c1C(C)NC(=O)c1cnc(C(C)O)s1. The average molecular weight is 324 g/mol. The zero-order chi connectivity index (χ0) is 16.3. The Morgan fingerprint density at radius 2 is 2.18 bits per heavy atom. The van der Waals surface area contributed by atoms with E-state index in [0.717, 1.165) is 11.3 Å². The third kappa shape index (κ3) is 3.42. The van der Waals surface area contributed by atoms with Crippen molar-refractivity contribution in [2.24, 2.45) is 0 Å². The monoisotopic (exact) mass is 324 g/mol. The lowest BCUT2D eigenvalue weighted by Gasteiger charge is -2.17. The van der Waals surface area contributed by atoms with Gasteiger partial charge in [-0.25, -0.2) is 9.37 Å². The molecule has 2 unspecified atom stereocenters. The zero-order valence-corrected chi connectivity index (χ0v) is 13.3. The summed E-state index contributed by atoms with van der Waals surface area (Å²) in [7, 11) is 1.45. The van der Waals surface area contributed by atoms with Crippen LogP contribution in [0.4, 0.5) is 4.39 Å². The Morgan fingerprint density at radius 1 is 1.45 bits per heavy atom. The normalized spacial score (nSPS) is 13.5. The van der Waals surface area contributed by atoms with Crippen molar-refractivity contribution in [1.82, 2.24) is 10.3 Å². The number of carbonyl (C=O) groups excluding carboxylic acids is 1. The number of halogens is 1. The molecule has 2 aromatic rings. The molecule has 0 fully saturated rings. The quantitative estimate of drug-likeness (QED) is 0.887. The van der Waals surface area contributed by atoms with E-state index in [0.29, 0.717) is 21.2 Å². The average Bonchev–Trinajstić information content (AvgIpc) is 2.96. The third-order valence-electron chi connectivity index (χ3n) is 3.12. The van der Waals surface area contributed by atoms with E-state index in [2.05, 4.69) is 10.3 Å². The maximum absolute atomic E-state index is 14.0. The minimum absolute atomic E-state index is 0.290. The second-order valence-corrected chi connectivity index (χ2v) is 5.85. The van der Waals surface area contributed by atoms with Gasteiger partial charge in [0.2, 0.25) is 0 Å². The van der Waals surface area contributed by atoms with Crippen LogP contribution in [0.3, 0.4) is 0 Å². The van der Waals surface area contributed by atoms with Crippen LogP contribution in [0.25, 0.3) is 0 Å². The van der Waals surface area contributed by atoms with E-state index >= 15 is 0 Å². The second-order valence-electron chi connectivity index (χ2n) is 4.79. The number of aliphatic hydroxyl groups is 1. The summed E-state index contributed by atoms with van der Waals surface area (Å²) in [6, 6.07) is 3.93. The summed E-state index contributed by atoms with van der Waals surface area (Å²) >= 11 is 1.10. The van der Waals surface area contributed by atoms with Crippen molar-refractivity contribution in [3.05, 3.63) is 45.7 Å². The van der Waals surface area contributed by atoms with E-state index in [1.807, 2.05) is 0 Å². The smallest absolute Gasteiger partial charge is 0.263 e. The van der Waals surface area contributed by atoms with Crippen molar-refractivity contribution in [2.75, 3.05) is 7.11 Å². The minimum atomic E-state index is -0.726. The fourth-order valence-corrected chi connectivity index (χ4v) is 2.80. The molecule has 0 aliphatic rings. The van der Waals surface area contributed by atoms with Crippen LogP contribution in [0.2, 0.25) is 0 Å². The van der Waals surface area contributed by atoms with Gasteiger partial charge >= 0.3 is 0 Å². The number of thiazole rings is 1. The number of hydrogen-bond donors (Lipinski definition) is 2. The highest BCUT2D eigenvalue weighted by Gasteiger charge is 2.20. The van der Waals surface area contributed by atoms with Gasteiger partial charge in [0.05, 0.1) is 24.9 Å². The number of methoxy groups -OCH3 is 1. The molecule has 5 nitrogen and oxygen atoms in total. The van der Waals surface area contributed by atoms with Crippen LogP contribution in [-0.4, -0.2) is 23.1 Å². The third-order valence-corrected chi connectivity index (χ3v) is 4.28. The summed E-state index contributed by atoms with van der Waals surface area (Å²) in [5, 5.41) is 12.6. The van der Waals surface area contributed by atoms with Crippen LogP contribution in [0.1, 0.15) is 46.2 Å². The molecule has 0 aliphatic heterocycles. The van der Waals surface area contributed by atoms with E-state index in [9.17, 15) is 14.3 Å². The number of ether oxygens (including phenoxy) is 1. The Balaban J connectivity index is 2.17. The summed E-state index contributed by atoms with van der Waals surface area (Å²) in [6.45, 7) is 3.25. The van der Waals surface area contributed by atoms with Gasteiger partial charge in [0.25, 0.3) is 5.91 Å². The molecule has 2 atom stereocenters. The fraction of sp³-hybridized carbons (Fsp3) is 0.333. The molecule has 2 N–H and O–H groups in total. The second kappa shape index (κ2) is 6.85. The number of nitrogens with zero attached hydrogens (tertiary/aromatic N) is 1. The van der Waals surface area contributed by atoms with Crippen LogP contribution in [0.5, 0.6) is 5.75 Å². The molecule has 2 rings (SSSR count). The molecule has 7 heteroatoms. The summed E-state index contributed by atoms with van der Waals surface area (Å²) in [4.78, 5) is 16.5. The summed E-state index contributed by atoms with van der Waals surface area (Å²) in [5.41, 5.74) is 0.290.